The molecule has 2 aromatic carbocycles. The lowest BCUT2D eigenvalue weighted by Crippen LogP contribution is -2.34. The summed E-state index contributed by atoms with van der Waals surface area (Å²) in [6.07, 6.45) is 2.20. The molecule has 1 saturated heterocycles. The Labute approximate surface area is 168 Å². The van der Waals surface area contributed by atoms with Crippen molar-refractivity contribution in [3.63, 3.8) is 0 Å². The van der Waals surface area contributed by atoms with E-state index in [2.05, 4.69) is 59.9 Å². The quantitative estimate of drug-likeness (QED) is 0.638. The van der Waals surface area contributed by atoms with Crippen LogP contribution in [-0.2, 0) is 6.42 Å². The zero-order valence-electron chi connectivity index (χ0n) is 16.6. The maximum absolute atomic E-state index is 6.31. The highest BCUT2D eigenvalue weighted by Gasteiger charge is 2.15. The maximum Gasteiger partial charge on any atom is 0.125 e. The van der Waals surface area contributed by atoms with Crippen molar-refractivity contribution in [3.05, 3.63) is 65.7 Å². The summed E-state index contributed by atoms with van der Waals surface area (Å²) in [5.74, 6) is 3.50. The van der Waals surface area contributed by atoms with Gasteiger partial charge in [-0.15, -0.1) is 0 Å². The summed E-state index contributed by atoms with van der Waals surface area (Å²) in [6, 6.07) is 19.2. The molecule has 0 aliphatic carbocycles. The van der Waals surface area contributed by atoms with E-state index in [9.17, 15) is 0 Å². The third-order valence-corrected chi connectivity index (χ3v) is 5.97. The molecular formula is C23H32N2OS. The fraction of sp³-hybridized carbons (Fsp3) is 0.478. The van der Waals surface area contributed by atoms with Crippen molar-refractivity contribution in [1.82, 2.24) is 9.80 Å². The Balaban J connectivity index is 1.60. The van der Waals surface area contributed by atoms with E-state index < -0.39 is 0 Å². The molecule has 0 N–H and O–H groups in total. The highest BCUT2D eigenvalue weighted by molar-refractivity contribution is 7.99. The SMILES string of the molecule is CN(C)CCC(Oc1ccccc1)c1ccc(CCN2CCSCC2)cc1. The molecule has 3 rings (SSSR count). The zero-order chi connectivity index (χ0) is 18.9. The van der Waals surface area contributed by atoms with Crippen molar-refractivity contribution in [3.8, 4) is 5.75 Å². The van der Waals surface area contributed by atoms with Crippen molar-refractivity contribution in [2.75, 3.05) is 51.8 Å². The van der Waals surface area contributed by atoms with Crippen molar-refractivity contribution in [2.45, 2.75) is 18.9 Å². The normalized spacial score (nSPS) is 16.4. The Hall–Kier alpha value is -1.49. The monoisotopic (exact) mass is 384 g/mol. The van der Waals surface area contributed by atoms with Gasteiger partial charge in [-0.1, -0.05) is 42.5 Å². The molecule has 0 radical (unpaired) electrons. The van der Waals surface area contributed by atoms with Gasteiger partial charge in [0, 0.05) is 44.1 Å². The van der Waals surface area contributed by atoms with Gasteiger partial charge in [0.05, 0.1) is 0 Å². The van der Waals surface area contributed by atoms with E-state index in [1.165, 1.54) is 42.3 Å². The summed E-state index contributed by atoms with van der Waals surface area (Å²) in [5.41, 5.74) is 2.68. The third-order valence-electron chi connectivity index (χ3n) is 5.03. The first-order valence-electron chi connectivity index (χ1n) is 9.96. The maximum atomic E-state index is 6.31. The Morgan fingerprint density at radius 1 is 1.00 bits per heavy atom. The van der Waals surface area contributed by atoms with Gasteiger partial charge >= 0.3 is 0 Å². The van der Waals surface area contributed by atoms with Crippen LogP contribution in [0.15, 0.2) is 54.6 Å². The highest BCUT2D eigenvalue weighted by atomic mass is 32.2. The fourth-order valence-electron chi connectivity index (χ4n) is 3.34. The zero-order valence-corrected chi connectivity index (χ0v) is 17.5. The minimum Gasteiger partial charge on any atom is -0.486 e. The minimum atomic E-state index is 0.0861. The Bertz CT molecular complexity index is 654. The molecular weight excluding hydrogens is 352 g/mol. The average Bonchev–Trinajstić information content (AvgIpc) is 2.71. The standard InChI is InChI=1S/C23H32N2OS/c1-24(2)14-13-23(26-22-6-4-3-5-7-22)21-10-8-20(9-11-21)12-15-25-16-18-27-19-17-25/h3-11,23H,12-19H2,1-2H3. The van der Waals surface area contributed by atoms with Gasteiger partial charge in [0.25, 0.3) is 0 Å². The lowest BCUT2D eigenvalue weighted by molar-refractivity contribution is 0.179. The molecule has 146 valence electrons. The Morgan fingerprint density at radius 3 is 2.37 bits per heavy atom. The number of hydrogen-bond acceptors (Lipinski definition) is 4. The van der Waals surface area contributed by atoms with Crippen LogP contribution in [0.2, 0.25) is 0 Å². The van der Waals surface area contributed by atoms with Crippen molar-refractivity contribution >= 4 is 11.8 Å². The van der Waals surface area contributed by atoms with E-state index in [0.29, 0.717) is 0 Å². The lowest BCUT2D eigenvalue weighted by atomic mass is 10.0. The first-order valence-corrected chi connectivity index (χ1v) is 11.1. The second-order valence-corrected chi connectivity index (χ2v) is 8.68. The van der Waals surface area contributed by atoms with Crippen molar-refractivity contribution in [1.29, 1.82) is 0 Å². The largest absolute Gasteiger partial charge is 0.486 e. The number of para-hydroxylation sites is 1. The molecule has 1 unspecified atom stereocenters. The van der Waals surface area contributed by atoms with E-state index in [-0.39, 0.29) is 6.10 Å². The van der Waals surface area contributed by atoms with E-state index in [1.54, 1.807) is 0 Å². The first-order chi connectivity index (χ1) is 13.2. The van der Waals surface area contributed by atoms with Crippen molar-refractivity contribution in [2.24, 2.45) is 0 Å². The van der Waals surface area contributed by atoms with Gasteiger partial charge < -0.3 is 14.5 Å². The van der Waals surface area contributed by atoms with Crippen LogP contribution in [-0.4, -0.2) is 61.6 Å². The molecule has 0 amide bonds. The number of thioether (sulfide) groups is 1. The second kappa shape index (κ2) is 10.7. The highest BCUT2D eigenvalue weighted by Crippen LogP contribution is 2.25. The Morgan fingerprint density at radius 2 is 1.70 bits per heavy atom. The fourth-order valence-corrected chi connectivity index (χ4v) is 4.32. The predicted molar refractivity (Wildman–Crippen MR) is 117 cm³/mol. The first kappa shape index (κ1) is 20.2. The molecule has 0 spiro atoms. The number of benzene rings is 2. The molecule has 1 atom stereocenters. The molecule has 27 heavy (non-hydrogen) atoms. The van der Waals surface area contributed by atoms with Crippen LogP contribution < -0.4 is 4.74 Å². The van der Waals surface area contributed by atoms with Gasteiger partial charge in [0.15, 0.2) is 0 Å². The van der Waals surface area contributed by atoms with Gasteiger partial charge in [-0.3, -0.25) is 0 Å². The van der Waals surface area contributed by atoms with Crippen LogP contribution in [0.4, 0.5) is 0 Å². The van der Waals surface area contributed by atoms with Gasteiger partial charge in [-0.2, -0.15) is 11.8 Å². The molecule has 4 heteroatoms. The average molecular weight is 385 g/mol. The summed E-state index contributed by atoms with van der Waals surface area (Å²) >= 11 is 2.07. The lowest BCUT2D eigenvalue weighted by Gasteiger charge is -2.26. The van der Waals surface area contributed by atoms with Gasteiger partial charge in [0.1, 0.15) is 11.9 Å². The third kappa shape index (κ3) is 6.87. The van der Waals surface area contributed by atoms with Gasteiger partial charge in [-0.05, 0) is 43.8 Å². The van der Waals surface area contributed by atoms with E-state index >= 15 is 0 Å². The topological polar surface area (TPSA) is 15.7 Å². The summed E-state index contributed by atoms with van der Waals surface area (Å²) in [7, 11) is 4.23. The van der Waals surface area contributed by atoms with Gasteiger partial charge in [-0.25, -0.2) is 0 Å². The van der Waals surface area contributed by atoms with E-state index in [1.807, 2.05) is 30.3 Å². The molecule has 1 aliphatic rings. The molecule has 1 aliphatic heterocycles. The number of hydrogen-bond donors (Lipinski definition) is 0. The van der Waals surface area contributed by atoms with Crippen LogP contribution in [0.1, 0.15) is 23.7 Å². The number of nitrogens with zero attached hydrogens (tertiary/aromatic N) is 2. The number of rotatable bonds is 9. The smallest absolute Gasteiger partial charge is 0.125 e. The summed E-state index contributed by atoms with van der Waals surface area (Å²) in [5, 5.41) is 0. The molecule has 3 nitrogen and oxygen atoms in total. The van der Waals surface area contributed by atoms with Crippen LogP contribution in [0.5, 0.6) is 5.75 Å². The molecule has 0 saturated carbocycles. The van der Waals surface area contributed by atoms with Crippen LogP contribution in [0, 0.1) is 0 Å². The van der Waals surface area contributed by atoms with Gasteiger partial charge in [0.2, 0.25) is 0 Å². The minimum absolute atomic E-state index is 0.0861. The predicted octanol–water partition coefficient (Wildman–Crippen LogP) is 4.35. The van der Waals surface area contributed by atoms with E-state index in [4.69, 9.17) is 4.74 Å². The molecule has 1 fully saturated rings. The summed E-state index contributed by atoms with van der Waals surface area (Å²) in [6.45, 7) is 4.65. The summed E-state index contributed by atoms with van der Waals surface area (Å²) in [4.78, 5) is 4.80. The van der Waals surface area contributed by atoms with E-state index in [0.717, 1.165) is 25.1 Å². The number of ether oxygens (including phenoxy) is 1. The van der Waals surface area contributed by atoms with Crippen LogP contribution in [0.25, 0.3) is 0 Å². The van der Waals surface area contributed by atoms with Crippen LogP contribution >= 0.6 is 11.8 Å². The molecule has 0 aromatic heterocycles. The summed E-state index contributed by atoms with van der Waals surface area (Å²) < 4.78 is 6.31. The molecule has 0 bridgehead atoms. The molecule has 1 heterocycles. The second-order valence-electron chi connectivity index (χ2n) is 7.46. The van der Waals surface area contributed by atoms with Crippen LogP contribution in [0.3, 0.4) is 0 Å². The molecule has 2 aromatic rings. The Kier molecular flexibility index (Phi) is 8.06. The van der Waals surface area contributed by atoms with Crippen molar-refractivity contribution < 1.29 is 4.74 Å².